The van der Waals surface area contributed by atoms with Gasteiger partial charge >= 0.3 is 0 Å². The molecular weight excluding hydrogens is 446 g/mol. The van der Waals surface area contributed by atoms with E-state index < -0.39 is 12.0 Å². The van der Waals surface area contributed by atoms with Crippen LogP contribution in [0.4, 0.5) is 5.13 Å². The van der Waals surface area contributed by atoms with Crippen LogP contribution in [-0.2, 0) is 0 Å². The summed E-state index contributed by atoms with van der Waals surface area (Å²) >= 11 is 1.08. The molecule has 1 saturated heterocycles. The summed E-state index contributed by atoms with van der Waals surface area (Å²) < 4.78 is 15.6. The first-order valence-electron chi connectivity index (χ1n) is 10.4. The molecule has 33 heavy (non-hydrogen) atoms. The fourth-order valence-corrected chi connectivity index (χ4v) is 3.57. The molecule has 3 heterocycles. The molecule has 1 aromatic carbocycles. The van der Waals surface area contributed by atoms with Gasteiger partial charge in [-0.3, -0.25) is 14.9 Å². The molecule has 10 nitrogen and oxygen atoms in total. The zero-order valence-corrected chi connectivity index (χ0v) is 19.0. The normalized spacial score (nSPS) is 13.7. The molecule has 1 aliphatic heterocycles. The van der Waals surface area contributed by atoms with E-state index in [1.165, 1.54) is 6.20 Å². The largest absolute Gasteiger partial charge is 0.488 e. The molecule has 1 fully saturated rings. The molecule has 4 rings (SSSR count). The first-order valence-corrected chi connectivity index (χ1v) is 11.2. The number of likely N-dealkylation sites (tertiary alicyclic amines) is 1. The summed E-state index contributed by atoms with van der Waals surface area (Å²) in [7, 11) is 0. The van der Waals surface area contributed by atoms with E-state index in [4.69, 9.17) is 9.47 Å². The Balaban J connectivity index is 1.54. The van der Waals surface area contributed by atoms with Gasteiger partial charge in [-0.25, -0.2) is 9.97 Å². The maximum absolute atomic E-state index is 12.8. The molecule has 1 aliphatic rings. The number of rotatable bonds is 8. The first-order chi connectivity index (χ1) is 15.9. The number of nitrogens with one attached hydrogen (secondary N) is 1. The third-order valence-electron chi connectivity index (χ3n) is 4.82. The van der Waals surface area contributed by atoms with Crippen LogP contribution in [-0.4, -0.2) is 62.0 Å². The number of anilines is 1. The van der Waals surface area contributed by atoms with Crippen LogP contribution in [0, 0.1) is 6.92 Å². The number of amides is 2. The minimum Gasteiger partial charge on any atom is -0.488 e. The molecule has 2 N–H and O–H groups in total. The Morgan fingerprint density at radius 3 is 2.61 bits per heavy atom. The molecule has 0 radical (unpaired) electrons. The molecule has 1 atom stereocenters. The minimum atomic E-state index is -0.476. The number of pyridine rings is 1. The summed E-state index contributed by atoms with van der Waals surface area (Å²) in [5.41, 5.74) is 0.626. The second-order valence-electron chi connectivity index (χ2n) is 7.53. The lowest BCUT2D eigenvalue weighted by molar-refractivity contribution is 0.0645. The van der Waals surface area contributed by atoms with Crippen molar-refractivity contribution in [3.63, 3.8) is 0 Å². The fraction of sp³-hybridized carbons (Fsp3) is 0.318. The number of aromatic nitrogens is 3. The topological polar surface area (TPSA) is 127 Å². The lowest BCUT2D eigenvalue weighted by atomic mass is 10.2. The quantitative estimate of drug-likeness (QED) is 0.516. The average Bonchev–Trinajstić information content (AvgIpc) is 3.17. The summed E-state index contributed by atoms with van der Waals surface area (Å²) in [6, 6.07) is 7.97. The van der Waals surface area contributed by atoms with Crippen molar-refractivity contribution in [2.45, 2.75) is 26.4 Å². The highest BCUT2D eigenvalue weighted by Gasteiger charge is 2.22. The zero-order valence-electron chi connectivity index (χ0n) is 18.1. The number of aryl methyl sites for hydroxylation is 1. The van der Waals surface area contributed by atoms with Gasteiger partial charge in [0.25, 0.3) is 11.8 Å². The van der Waals surface area contributed by atoms with Crippen molar-refractivity contribution in [1.29, 1.82) is 0 Å². The standard InChI is InChI=1S/C22H23N5O5S/c1-13(12-28)31-17-8-15(20(29)25-22-24-14(2)26-33-22)9-18(10-17)32-16-4-5-19(23-11-16)21(30)27-6-3-7-27/h4-5,8-11,13,28H,3,6-7,12H2,1-2H3,(H,24,25,26,29)/t13-/m0/s1. The van der Waals surface area contributed by atoms with Gasteiger partial charge in [0.1, 0.15) is 34.9 Å². The van der Waals surface area contributed by atoms with Gasteiger partial charge in [-0.05, 0) is 44.5 Å². The number of carbonyl (C=O) groups is 2. The van der Waals surface area contributed by atoms with Crippen LogP contribution in [0.3, 0.4) is 0 Å². The summed E-state index contributed by atoms with van der Waals surface area (Å²) in [5, 5.41) is 12.4. The summed E-state index contributed by atoms with van der Waals surface area (Å²) in [4.78, 5) is 35.1. The Kier molecular flexibility index (Phi) is 6.80. The van der Waals surface area contributed by atoms with E-state index in [1.807, 2.05) is 0 Å². The second-order valence-corrected chi connectivity index (χ2v) is 8.28. The smallest absolute Gasteiger partial charge is 0.272 e. The number of benzene rings is 1. The van der Waals surface area contributed by atoms with Gasteiger partial charge in [0.15, 0.2) is 0 Å². The van der Waals surface area contributed by atoms with Gasteiger partial charge in [-0.2, -0.15) is 4.37 Å². The minimum absolute atomic E-state index is 0.105. The van der Waals surface area contributed by atoms with Gasteiger partial charge in [-0.1, -0.05) is 0 Å². The Labute approximate surface area is 194 Å². The number of aliphatic hydroxyl groups is 1. The van der Waals surface area contributed by atoms with Crippen molar-refractivity contribution in [2.75, 3.05) is 25.0 Å². The van der Waals surface area contributed by atoms with Crippen LogP contribution in [0.5, 0.6) is 17.2 Å². The van der Waals surface area contributed by atoms with E-state index in [9.17, 15) is 14.7 Å². The van der Waals surface area contributed by atoms with Gasteiger partial charge < -0.3 is 19.5 Å². The molecule has 0 spiro atoms. The van der Waals surface area contributed by atoms with E-state index in [0.717, 1.165) is 31.0 Å². The first kappa shape index (κ1) is 22.6. The molecular formula is C22H23N5O5S. The van der Waals surface area contributed by atoms with Crippen molar-refractivity contribution in [3.8, 4) is 17.2 Å². The Hall–Kier alpha value is -3.57. The van der Waals surface area contributed by atoms with E-state index in [-0.39, 0.29) is 18.1 Å². The third-order valence-corrected chi connectivity index (χ3v) is 5.54. The number of hydrogen-bond donors (Lipinski definition) is 2. The van der Waals surface area contributed by atoms with Crippen LogP contribution < -0.4 is 14.8 Å². The van der Waals surface area contributed by atoms with Crippen molar-refractivity contribution >= 4 is 28.5 Å². The molecule has 0 aliphatic carbocycles. The summed E-state index contributed by atoms with van der Waals surface area (Å²) in [6.07, 6.45) is 1.99. The molecule has 172 valence electrons. The van der Waals surface area contributed by atoms with E-state index in [0.29, 0.717) is 33.9 Å². The molecule has 0 unspecified atom stereocenters. The van der Waals surface area contributed by atoms with Crippen LogP contribution in [0.15, 0.2) is 36.5 Å². The lowest BCUT2D eigenvalue weighted by Crippen LogP contribution is -2.42. The fourth-order valence-electron chi connectivity index (χ4n) is 3.00. The number of nitrogens with zero attached hydrogens (tertiary/aromatic N) is 4. The maximum atomic E-state index is 12.8. The van der Waals surface area contributed by atoms with Gasteiger partial charge in [-0.15, -0.1) is 0 Å². The monoisotopic (exact) mass is 469 g/mol. The number of aliphatic hydroxyl groups excluding tert-OH is 1. The molecule has 2 aromatic heterocycles. The highest BCUT2D eigenvalue weighted by atomic mass is 32.1. The number of carbonyl (C=O) groups excluding carboxylic acids is 2. The molecule has 2 amide bonds. The Morgan fingerprint density at radius 1 is 1.21 bits per heavy atom. The van der Waals surface area contributed by atoms with E-state index in [1.54, 1.807) is 49.1 Å². The van der Waals surface area contributed by atoms with Crippen LogP contribution in [0.25, 0.3) is 0 Å². The molecule has 3 aromatic rings. The van der Waals surface area contributed by atoms with Crippen LogP contribution >= 0.6 is 11.5 Å². The maximum Gasteiger partial charge on any atom is 0.272 e. The Morgan fingerprint density at radius 2 is 2.00 bits per heavy atom. The number of ether oxygens (including phenoxy) is 2. The van der Waals surface area contributed by atoms with Crippen LogP contribution in [0.2, 0.25) is 0 Å². The zero-order chi connectivity index (χ0) is 23.4. The van der Waals surface area contributed by atoms with Crippen molar-refractivity contribution in [2.24, 2.45) is 0 Å². The number of hydrogen-bond acceptors (Lipinski definition) is 9. The van der Waals surface area contributed by atoms with Crippen molar-refractivity contribution in [3.05, 3.63) is 53.6 Å². The summed E-state index contributed by atoms with van der Waals surface area (Å²) in [6.45, 7) is 4.75. The predicted octanol–water partition coefficient (Wildman–Crippen LogP) is 2.89. The summed E-state index contributed by atoms with van der Waals surface area (Å²) in [5.74, 6) is 1.13. The molecule has 0 saturated carbocycles. The van der Waals surface area contributed by atoms with Gasteiger partial charge in [0.05, 0.1) is 12.8 Å². The average molecular weight is 470 g/mol. The van der Waals surface area contributed by atoms with E-state index >= 15 is 0 Å². The van der Waals surface area contributed by atoms with Gasteiger partial charge in [0.2, 0.25) is 5.13 Å². The van der Waals surface area contributed by atoms with Crippen molar-refractivity contribution in [1.82, 2.24) is 19.2 Å². The molecule has 0 bridgehead atoms. The highest BCUT2D eigenvalue weighted by molar-refractivity contribution is 7.09. The molecule has 11 heteroatoms. The lowest BCUT2D eigenvalue weighted by Gasteiger charge is -2.30. The van der Waals surface area contributed by atoms with Crippen molar-refractivity contribution < 1.29 is 24.2 Å². The third kappa shape index (κ3) is 5.62. The van der Waals surface area contributed by atoms with Gasteiger partial charge in [0, 0.05) is 36.3 Å². The highest BCUT2D eigenvalue weighted by Crippen LogP contribution is 2.29. The van der Waals surface area contributed by atoms with E-state index in [2.05, 4.69) is 19.7 Å². The van der Waals surface area contributed by atoms with Crippen LogP contribution in [0.1, 0.15) is 40.0 Å². The second kappa shape index (κ2) is 9.92. The predicted molar refractivity (Wildman–Crippen MR) is 121 cm³/mol. The Bertz CT molecular complexity index is 1150. The SMILES string of the molecule is Cc1nsc(NC(=O)c2cc(Oc3ccc(C(=O)N4CCC4)nc3)cc(O[C@@H](C)CO)c2)n1.